The summed E-state index contributed by atoms with van der Waals surface area (Å²) in [5.74, 6) is -0.456. The Morgan fingerprint density at radius 3 is 2.60 bits per heavy atom. The van der Waals surface area contributed by atoms with E-state index in [0.29, 0.717) is 12.3 Å². The normalized spacial score (nSPS) is 19.4. The highest BCUT2D eigenvalue weighted by molar-refractivity contribution is 7.86. The van der Waals surface area contributed by atoms with E-state index in [0.717, 1.165) is 35.1 Å². The van der Waals surface area contributed by atoms with Crippen LogP contribution in [-0.4, -0.2) is 39.1 Å². The Hall–Kier alpha value is -2.51. The van der Waals surface area contributed by atoms with E-state index in [1.165, 1.54) is 0 Å². The standard InChI is InChI=1S/C18H16N2O4S/c1-25(22,23)24-17-18(21)20-11-10-13-8-5-9-14(16(13)20)15(19-17)12-6-3-2-4-7-12/h2-9,17H,10-11H2,1H3. The van der Waals surface area contributed by atoms with Crippen molar-refractivity contribution < 1.29 is 17.4 Å². The number of amides is 1. The third-order valence-electron chi connectivity index (χ3n) is 4.29. The predicted molar refractivity (Wildman–Crippen MR) is 94.3 cm³/mol. The van der Waals surface area contributed by atoms with Crippen LogP contribution in [0.1, 0.15) is 16.7 Å². The number of para-hydroxylation sites is 1. The fourth-order valence-corrected chi connectivity index (χ4v) is 3.75. The second-order valence-electron chi connectivity index (χ2n) is 6.05. The summed E-state index contributed by atoms with van der Waals surface area (Å²) >= 11 is 0. The molecule has 0 radical (unpaired) electrons. The highest BCUT2D eigenvalue weighted by atomic mass is 32.2. The van der Waals surface area contributed by atoms with Crippen LogP contribution < -0.4 is 4.90 Å². The summed E-state index contributed by atoms with van der Waals surface area (Å²) in [6.45, 7) is 0.492. The molecule has 0 N–H and O–H groups in total. The lowest BCUT2D eigenvalue weighted by Crippen LogP contribution is -2.39. The van der Waals surface area contributed by atoms with Gasteiger partial charge in [0, 0.05) is 17.7 Å². The summed E-state index contributed by atoms with van der Waals surface area (Å²) in [5, 5.41) is 0. The Bertz CT molecular complexity index is 983. The van der Waals surface area contributed by atoms with Gasteiger partial charge in [-0.25, -0.2) is 9.18 Å². The van der Waals surface area contributed by atoms with Crippen molar-refractivity contribution in [3.8, 4) is 0 Å². The van der Waals surface area contributed by atoms with E-state index in [4.69, 9.17) is 4.18 Å². The van der Waals surface area contributed by atoms with E-state index in [9.17, 15) is 13.2 Å². The van der Waals surface area contributed by atoms with Gasteiger partial charge < -0.3 is 4.90 Å². The molecule has 0 fully saturated rings. The third kappa shape index (κ3) is 2.85. The summed E-state index contributed by atoms with van der Waals surface area (Å²) in [5.41, 5.74) is 4.03. The first-order valence-electron chi connectivity index (χ1n) is 7.89. The lowest BCUT2D eigenvalue weighted by molar-refractivity contribution is -0.124. The van der Waals surface area contributed by atoms with Crippen molar-refractivity contribution in [1.29, 1.82) is 0 Å². The first-order valence-corrected chi connectivity index (χ1v) is 9.71. The minimum atomic E-state index is -3.84. The Morgan fingerprint density at radius 2 is 1.88 bits per heavy atom. The fraction of sp³-hybridized carbons (Fsp3) is 0.222. The van der Waals surface area contributed by atoms with Gasteiger partial charge in [-0.2, -0.15) is 8.42 Å². The average Bonchev–Trinajstić information content (AvgIpc) is 2.97. The fourth-order valence-electron chi connectivity index (χ4n) is 3.30. The van der Waals surface area contributed by atoms with Crippen molar-refractivity contribution in [3.05, 3.63) is 65.2 Å². The molecule has 0 aliphatic carbocycles. The second kappa shape index (κ2) is 5.79. The summed E-state index contributed by atoms with van der Waals surface area (Å²) in [7, 11) is -3.84. The highest BCUT2D eigenvalue weighted by Crippen LogP contribution is 2.36. The lowest BCUT2D eigenvalue weighted by Gasteiger charge is -2.19. The first-order chi connectivity index (χ1) is 11.9. The van der Waals surface area contributed by atoms with Gasteiger partial charge in [-0.1, -0.05) is 48.5 Å². The van der Waals surface area contributed by atoms with Crippen LogP contribution in [0.4, 0.5) is 5.69 Å². The smallest absolute Gasteiger partial charge is 0.280 e. The van der Waals surface area contributed by atoms with Gasteiger partial charge in [-0.3, -0.25) is 4.79 Å². The van der Waals surface area contributed by atoms with Gasteiger partial charge in [0.2, 0.25) is 6.23 Å². The van der Waals surface area contributed by atoms with Crippen LogP contribution in [-0.2, 0) is 25.5 Å². The molecule has 2 aliphatic rings. The summed E-state index contributed by atoms with van der Waals surface area (Å²) < 4.78 is 28.2. The van der Waals surface area contributed by atoms with E-state index in [2.05, 4.69) is 4.99 Å². The average molecular weight is 356 g/mol. The van der Waals surface area contributed by atoms with Crippen LogP contribution in [0.15, 0.2) is 53.5 Å². The minimum Gasteiger partial charge on any atom is -0.307 e. The number of nitrogens with zero attached hydrogens (tertiary/aromatic N) is 2. The molecule has 2 aromatic carbocycles. The zero-order valence-corrected chi connectivity index (χ0v) is 14.4. The Labute approximate surface area is 145 Å². The van der Waals surface area contributed by atoms with Gasteiger partial charge in [0.05, 0.1) is 17.7 Å². The maximum atomic E-state index is 12.9. The maximum Gasteiger partial charge on any atom is 0.280 e. The molecule has 6 nitrogen and oxygen atoms in total. The minimum absolute atomic E-state index is 0.456. The van der Waals surface area contributed by atoms with Crippen LogP contribution in [0.2, 0.25) is 0 Å². The molecule has 1 amide bonds. The Balaban J connectivity index is 1.95. The monoisotopic (exact) mass is 356 g/mol. The topological polar surface area (TPSA) is 76.0 Å². The van der Waals surface area contributed by atoms with Crippen molar-refractivity contribution in [2.45, 2.75) is 12.6 Å². The lowest BCUT2D eigenvalue weighted by atomic mass is 9.98. The van der Waals surface area contributed by atoms with Crippen LogP contribution >= 0.6 is 0 Å². The number of anilines is 1. The molecule has 128 valence electrons. The molecule has 25 heavy (non-hydrogen) atoms. The van der Waals surface area contributed by atoms with Crippen molar-refractivity contribution in [2.75, 3.05) is 17.7 Å². The van der Waals surface area contributed by atoms with Crippen molar-refractivity contribution >= 4 is 27.4 Å². The van der Waals surface area contributed by atoms with E-state index in [1.54, 1.807) is 4.90 Å². The number of carbonyl (C=O) groups excluding carboxylic acids is 1. The Kier molecular flexibility index (Phi) is 3.70. The molecule has 0 aromatic heterocycles. The molecule has 0 spiro atoms. The van der Waals surface area contributed by atoms with E-state index >= 15 is 0 Å². The molecular weight excluding hydrogens is 340 g/mol. The summed E-state index contributed by atoms with van der Waals surface area (Å²) in [6.07, 6.45) is 0.233. The zero-order chi connectivity index (χ0) is 17.6. The Morgan fingerprint density at radius 1 is 1.12 bits per heavy atom. The molecule has 1 unspecified atom stereocenters. The molecule has 2 heterocycles. The first kappa shape index (κ1) is 16.0. The molecule has 2 aromatic rings. The van der Waals surface area contributed by atoms with Gasteiger partial charge in [0.1, 0.15) is 0 Å². The number of benzene rings is 2. The van der Waals surface area contributed by atoms with E-state index < -0.39 is 22.3 Å². The highest BCUT2D eigenvalue weighted by Gasteiger charge is 2.38. The van der Waals surface area contributed by atoms with Gasteiger partial charge in [0.25, 0.3) is 16.0 Å². The maximum absolute atomic E-state index is 12.9. The van der Waals surface area contributed by atoms with Crippen molar-refractivity contribution in [2.24, 2.45) is 4.99 Å². The van der Waals surface area contributed by atoms with Crippen LogP contribution in [0.3, 0.4) is 0 Å². The molecule has 2 aliphatic heterocycles. The third-order valence-corrected chi connectivity index (χ3v) is 4.82. The molecule has 0 saturated heterocycles. The van der Waals surface area contributed by atoms with Crippen molar-refractivity contribution in [1.82, 2.24) is 0 Å². The van der Waals surface area contributed by atoms with Crippen LogP contribution in [0, 0.1) is 0 Å². The van der Waals surface area contributed by atoms with Gasteiger partial charge in [-0.15, -0.1) is 0 Å². The molecule has 7 heteroatoms. The number of carbonyl (C=O) groups is 1. The van der Waals surface area contributed by atoms with E-state index in [-0.39, 0.29) is 0 Å². The SMILES string of the molecule is CS(=O)(=O)OC1N=C(c2ccccc2)c2cccc3c2N(CC3)C1=O. The van der Waals surface area contributed by atoms with Gasteiger partial charge in [-0.05, 0) is 12.0 Å². The summed E-state index contributed by atoms with van der Waals surface area (Å²) in [4.78, 5) is 18.8. The quantitative estimate of drug-likeness (QED) is 0.785. The number of hydrogen-bond acceptors (Lipinski definition) is 5. The predicted octanol–water partition coefficient (Wildman–Crippen LogP) is 1.73. The van der Waals surface area contributed by atoms with Crippen LogP contribution in [0.25, 0.3) is 0 Å². The second-order valence-corrected chi connectivity index (χ2v) is 7.65. The van der Waals surface area contributed by atoms with Crippen LogP contribution in [0.5, 0.6) is 0 Å². The number of rotatable bonds is 3. The zero-order valence-electron chi connectivity index (χ0n) is 13.5. The van der Waals surface area contributed by atoms with E-state index in [1.807, 2.05) is 48.5 Å². The molecule has 4 rings (SSSR count). The molecule has 0 bridgehead atoms. The number of hydrogen-bond donors (Lipinski definition) is 0. The molecular formula is C18H16N2O4S. The summed E-state index contributed by atoms with van der Waals surface area (Å²) in [6, 6.07) is 15.2. The molecule has 1 atom stereocenters. The van der Waals surface area contributed by atoms with Crippen molar-refractivity contribution in [3.63, 3.8) is 0 Å². The van der Waals surface area contributed by atoms with Gasteiger partial charge in [0.15, 0.2) is 0 Å². The molecule has 0 saturated carbocycles. The largest absolute Gasteiger partial charge is 0.307 e. The van der Waals surface area contributed by atoms with Gasteiger partial charge >= 0.3 is 0 Å². The number of aliphatic imine (C=N–C) groups is 1.